The van der Waals surface area contributed by atoms with E-state index in [1.807, 2.05) is 0 Å². The van der Waals surface area contributed by atoms with Crippen LogP contribution in [0, 0.1) is 0 Å². The first-order valence-corrected chi connectivity index (χ1v) is 12.3. The maximum atomic E-state index is 12.8. The highest BCUT2D eigenvalue weighted by molar-refractivity contribution is 7.91. The van der Waals surface area contributed by atoms with Gasteiger partial charge >= 0.3 is 0 Å². The quantitative estimate of drug-likeness (QED) is 0.716. The molecular weight excluding hydrogens is 398 g/mol. The average molecular weight is 422 g/mol. The Balaban J connectivity index is 1.54. The summed E-state index contributed by atoms with van der Waals surface area (Å²) in [5.41, 5.74) is 0.941. The van der Waals surface area contributed by atoms with Gasteiger partial charge in [-0.3, -0.25) is 0 Å². The van der Waals surface area contributed by atoms with Crippen LogP contribution in [0.3, 0.4) is 0 Å². The van der Waals surface area contributed by atoms with Gasteiger partial charge in [0.15, 0.2) is 0 Å². The fourth-order valence-corrected chi connectivity index (χ4v) is 6.36. The summed E-state index contributed by atoms with van der Waals surface area (Å²) in [7, 11) is -5.29. The Morgan fingerprint density at radius 2 is 1.68 bits per heavy atom. The van der Waals surface area contributed by atoms with E-state index in [2.05, 4.69) is 0 Å². The molecule has 1 fully saturated rings. The van der Waals surface area contributed by atoms with E-state index in [1.54, 1.807) is 55.6 Å². The van der Waals surface area contributed by atoms with Gasteiger partial charge in [0.2, 0.25) is 19.9 Å². The Labute approximate surface area is 166 Å². The zero-order valence-electron chi connectivity index (χ0n) is 15.6. The molecule has 0 bridgehead atoms. The van der Waals surface area contributed by atoms with E-state index >= 15 is 0 Å². The number of hydrogen-bond donors (Lipinski definition) is 0. The van der Waals surface area contributed by atoms with Crippen LogP contribution in [-0.4, -0.2) is 46.1 Å². The first kappa shape index (κ1) is 19.4. The summed E-state index contributed by atoms with van der Waals surface area (Å²) in [6, 6.07) is 13.2. The molecule has 6 nitrogen and oxygen atoms in total. The molecule has 1 aliphatic carbocycles. The van der Waals surface area contributed by atoms with E-state index in [1.165, 1.54) is 4.31 Å². The number of benzene rings is 2. The maximum absolute atomic E-state index is 12.8. The molecule has 0 N–H and O–H groups in total. The highest BCUT2D eigenvalue weighted by atomic mass is 32.2. The summed E-state index contributed by atoms with van der Waals surface area (Å²) in [6.45, 7) is 0.272. The number of rotatable bonds is 6. The molecule has 1 saturated carbocycles. The van der Waals surface area contributed by atoms with E-state index in [4.69, 9.17) is 4.74 Å². The molecule has 0 unspecified atom stereocenters. The standard InChI is InChI=1S/C20H23NO5S2/c1-21(28(24,25)18-11-12-18)14-16-9-7-15-8-10-19(13-20(15)26-16)27(22,23)17-5-3-2-4-6-17/h2-6,8,10,13,16,18H,7,9,11-12,14H2,1H3/t16-/m1/s1. The average Bonchev–Trinajstić information content (AvgIpc) is 3.54. The summed E-state index contributed by atoms with van der Waals surface area (Å²) in [5, 5.41) is -0.254. The molecule has 0 radical (unpaired) electrons. The van der Waals surface area contributed by atoms with E-state index in [-0.39, 0.29) is 27.7 Å². The summed E-state index contributed by atoms with van der Waals surface area (Å²) >= 11 is 0. The molecule has 0 saturated heterocycles. The molecule has 2 aliphatic rings. The smallest absolute Gasteiger partial charge is 0.216 e. The van der Waals surface area contributed by atoms with Crippen molar-refractivity contribution in [3.05, 3.63) is 54.1 Å². The lowest BCUT2D eigenvalue weighted by Gasteiger charge is -2.29. The van der Waals surface area contributed by atoms with Gasteiger partial charge in [0.25, 0.3) is 0 Å². The number of ether oxygens (including phenoxy) is 1. The third-order valence-electron chi connectivity index (χ3n) is 5.27. The lowest BCUT2D eigenvalue weighted by molar-refractivity contribution is 0.152. The number of nitrogens with zero attached hydrogens (tertiary/aromatic N) is 1. The number of hydrogen-bond acceptors (Lipinski definition) is 5. The molecule has 0 spiro atoms. The minimum absolute atomic E-state index is 0.178. The monoisotopic (exact) mass is 421 g/mol. The summed E-state index contributed by atoms with van der Waals surface area (Å²) in [5.74, 6) is 0.519. The van der Waals surface area contributed by atoms with E-state index in [0.29, 0.717) is 12.2 Å². The topological polar surface area (TPSA) is 80.8 Å². The third kappa shape index (κ3) is 3.68. The van der Waals surface area contributed by atoms with Gasteiger partial charge in [-0.15, -0.1) is 0 Å². The molecule has 2 aromatic rings. The Morgan fingerprint density at radius 3 is 2.36 bits per heavy atom. The Bertz CT molecular complexity index is 1080. The van der Waals surface area contributed by atoms with Gasteiger partial charge in [0.05, 0.1) is 21.6 Å². The Morgan fingerprint density at radius 1 is 0.964 bits per heavy atom. The number of sulfone groups is 1. The van der Waals surface area contributed by atoms with Gasteiger partial charge in [-0.1, -0.05) is 24.3 Å². The molecule has 1 aliphatic heterocycles. The third-order valence-corrected chi connectivity index (χ3v) is 9.37. The van der Waals surface area contributed by atoms with Crippen LogP contribution in [0.25, 0.3) is 0 Å². The van der Waals surface area contributed by atoms with E-state index < -0.39 is 19.9 Å². The lowest BCUT2D eigenvalue weighted by Crippen LogP contribution is -2.40. The second kappa shape index (κ2) is 7.17. The summed E-state index contributed by atoms with van der Waals surface area (Å²) < 4.78 is 57.8. The van der Waals surface area contributed by atoms with Crippen LogP contribution in [0.5, 0.6) is 5.75 Å². The van der Waals surface area contributed by atoms with Gasteiger partial charge in [0, 0.05) is 7.05 Å². The van der Waals surface area contributed by atoms with E-state index in [0.717, 1.165) is 24.8 Å². The van der Waals surface area contributed by atoms with Crippen molar-refractivity contribution in [3.63, 3.8) is 0 Å². The molecular formula is C20H23NO5S2. The van der Waals surface area contributed by atoms with Crippen molar-refractivity contribution >= 4 is 19.9 Å². The van der Waals surface area contributed by atoms with Crippen molar-refractivity contribution in [3.8, 4) is 5.75 Å². The van der Waals surface area contributed by atoms with Crippen LogP contribution in [0.1, 0.15) is 24.8 Å². The first-order chi connectivity index (χ1) is 13.3. The number of fused-ring (bicyclic) bond motifs is 1. The highest BCUT2D eigenvalue weighted by Crippen LogP contribution is 2.34. The van der Waals surface area contributed by atoms with Gasteiger partial charge in [0.1, 0.15) is 11.9 Å². The zero-order valence-corrected chi connectivity index (χ0v) is 17.2. The van der Waals surface area contributed by atoms with E-state index in [9.17, 15) is 16.8 Å². The van der Waals surface area contributed by atoms with Crippen molar-refractivity contribution in [1.29, 1.82) is 0 Å². The van der Waals surface area contributed by atoms with Crippen LogP contribution >= 0.6 is 0 Å². The second-order valence-electron chi connectivity index (χ2n) is 7.39. The van der Waals surface area contributed by atoms with Crippen molar-refractivity contribution in [2.75, 3.05) is 13.6 Å². The van der Waals surface area contributed by atoms with Crippen LogP contribution in [0.2, 0.25) is 0 Å². The minimum Gasteiger partial charge on any atom is -0.489 e. The number of aryl methyl sites for hydroxylation is 1. The fraction of sp³-hybridized carbons (Fsp3) is 0.400. The Kier molecular flexibility index (Phi) is 4.97. The molecule has 0 amide bonds. The SMILES string of the molecule is CN(C[C@H]1CCc2ccc(S(=O)(=O)c3ccccc3)cc2O1)S(=O)(=O)C1CC1. The Hall–Kier alpha value is -1.90. The van der Waals surface area contributed by atoms with Crippen molar-refractivity contribution in [1.82, 2.24) is 4.31 Å². The molecule has 0 aromatic heterocycles. The van der Waals surface area contributed by atoms with Crippen LogP contribution in [0.4, 0.5) is 0 Å². The second-order valence-corrected chi connectivity index (χ2v) is 11.7. The largest absolute Gasteiger partial charge is 0.489 e. The molecule has 4 rings (SSSR count). The molecule has 28 heavy (non-hydrogen) atoms. The normalized spacial score (nSPS) is 19.9. The van der Waals surface area contributed by atoms with Gasteiger partial charge < -0.3 is 4.74 Å². The van der Waals surface area contributed by atoms with Crippen molar-refractivity contribution in [2.45, 2.75) is 46.8 Å². The molecule has 150 valence electrons. The highest BCUT2D eigenvalue weighted by Gasteiger charge is 2.39. The van der Waals surface area contributed by atoms with Gasteiger partial charge in [-0.05, 0) is 55.5 Å². The predicted octanol–water partition coefficient (Wildman–Crippen LogP) is 2.64. The van der Waals surface area contributed by atoms with Crippen molar-refractivity contribution in [2.24, 2.45) is 0 Å². The molecule has 8 heteroatoms. The fourth-order valence-electron chi connectivity index (χ4n) is 3.45. The number of likely N-dealkylation sites (N-methyl/N-ethyl adjacent to an activating group) is 1. The maximum Gasteiger partial charge on any atom is 0.216 e. The lowest BCUT2D eigenvalue weighted by atomic mass is 10.0. The van der Waals surface area contributed by atoms with Crippen LogP contribution < -0.4 is 4.74 Å². The first-order valence-electron chi connectivity index (χ1n) is 9.33. The van der Waals surface area contributed by atoms with Gasteiger partial charge in [-0.2, -0.15) is 0 Å². The summed E-state index contributed by atoms with van der Waals surface area (Å²) in [4.78, 5) is 0.412. The molecule has 1 heterocycles. The molecule has 2 aromatic carbocycles. The van der Waals surface area contributed by atoms with Crippen LogP contribution in [-0.2, 0) is 26.3 Å². The zero-order chi connectivity index (χ0) is 19.9. The molecule has 1 atom stereocenters. The van der Waals surface area contributed by atoms with Crippen LogP contribution in [0.15, 0.2) is 58.3 Å². The summed E-state index contributed by atoms with van der Waals surface area (Å²) in [6.07, 6.45) is 2.58. The van der Waals surface area contributed by atoms with Crippen molar-refractivity contribution < 1.29 is 21.6 Å². The minimum atomic E-state index is -3.63. The predicted molar refractivity (Wildman–Crippen MR) is 106 cm³/mol. The number of sulfonamides is 1. The van der Waals surface area contributed by atoms with Gasteiger partial charge in [-0.25, -0.2) is 21.1 Å².